The number of methoxy groups -OCH3 is 1. The van der Waals surface area contributed by atoms with Crippen LogP contribution >= 0.6 is 0 Å². The third-order valence-electron chi connectivity index (χ3n) is 5.37. The van der Waals surface area contributed by atoms with E-state index in [1.807, 2.05) is 19.9 Å². The van der Waals surface area contributed by atoms with E-state index < -0.39 is 0 Å². The van der Waals surface area contributed by atoms with Crippen molar-refractivity contribution in [1.29, 1.82) is 0 Å². The summed E-state index contributed by atoms with van der Waals surface area (Å²) in [5, 5.41) is 17.2. The molecule has 0 spiro atoms. The highest BCUT2D eigenvalue weighted by molar-refractivity contribution is 6.02. The molecule has 1 fully saturated rings. The third-order valence-corrected chi connectivity index (χ3v) is 5.37. The predicted octanol–water partition coefficient (Wildman–Crippen LogP) is 2.70. The average Bonchev–Trinajstić information content (AvgIpc) is 3.42. The van der Waals surface area contributed by atoms with Crippen LogP contribution < -0.4 is 10.6 Å². The van der Waals surface area contributed by atoms with Gasteiger partial charge in [0.05, 0.1) is 12.3 Å². The van der Waals surface area contributed by atoms with E-state index in [0.717, 1.165) is 31.4 Å². The summed E-state index contributed by atoms with van der Waals surface area (Å²) in [6.07, 6.45) is 2.93. The largest absolute Gasteiger partial charge is 0.447 e. The normalized spacial score (nSPS) is 19.5. The van der Waals surface area contributed by atoms with Crippen LogP contribution in [0.4, 0.5) is 10.6 Å². The summed E-state index contributed by atoms with van der Waals surface area (Å²) in [7, 11) is 3.29. The molecule has 0 radical (unpaired) electrons. The maximum absolute atomic E-state index is 12.5. The summed E-state index contributed by atoms with van der Waals surface area (Å²) in [5.74, 6) is 0.406. The van der Waals surface area contributed by atoms with Crippen LogP contribution in [0.2, 0.25) is 0 Å². The summed E-state index contributed by atoms with van der Waals surface area (Å²) < 4.78 is 11.9. The van der Waals surface area contributed by atoms with Gasteiger partial charge in [-0.05, 0) is 38.7 Å². The number of hydrogen-bond acceptors (Lipinski definition) is 6. The molecule has 2 amide bonds. The Morgan fingerprint density at radius 2 is 2.17 bits per heavy atom. The van der Waals surface area contributed by atoms with Gasteiger partial charge in [-0.25, -0.2) is 4.79 Å². The van der Waals surface area contributed by atoms with Crippen LogP contribution in [0.5, 0.6) is 0 Å². The minimum atomic E-state index is -0.364. The first-order valence-corrected chi connectivity index (χ1v) is 10.2. The van der Waals surface area contributed by atoms with Crippen LogP contribution in [-0.4, -0.2) is 51.2 Å². The number of aromatic amines is 1. The second kappa shape index (κ2) is 9.75. The molecule has 3 atom stereocenters. The summed E-state index contributed by atoms with van der Waals surface area (Å²) >= 11 is 0. The lowest BCUT2D eigenvalue weighted by molar-refractivity contribution is 0.101. The molecule has 3 rings (SSSR count). The van der Waals surface area contributed by atoms with Crippen molar-refractivity contribution in [2.45, 2.75) is 64.2 Å². The number of nitrogens with zero attached hydrogens (tertiary/aromatic N) is 3. The van der Waals surface area contributed by atoms with Gasteiger partial charge in [0.2, 0.25) is 0 Å². The highest BCUT2D eigenvalue weighted by atomic mass is 16.6. The zero-order chi connectivity index (χ0) is 21.7. The molecule has 2 aromatic heterocycles. The zero-order valence-electron chi connectivity index (χ0n) is 17.9. The molecule has 30 heavy (non-hydrogen) atoms. The smallest absolute Gasteiger partial charge is 0.407 e. The minimum Gasteiger partial charge on any atom is -0.447 e. The van der Waals surface area contributed by atoms with Crippen LogP contribution in [0, 0.1) is 0 Å². The van der Waals surface area contributed by atoms with Gasteiger partial charge in [-0.2, -0.15) is 10.2 Å². The molecule has 0 aliphatic heterocycles. The van der Waals surface area contributed by atoms with Gasteiger partial charge < -0.3 is 20.1 Å². The Kier molecular flexibility index (Phi) is 7.09. The highest BCUT2D eigenvalue weighted by Gasteiger charge is 2.29. The molecule has 1 aliphatic carbocycles. The van der Waals surface area contributed by atoms with Crippen molar-refractivity contribution in [1.82, 2.24) is 25.3 Å². The second-order valence-corrected chi connectivity index (χ2v) is 7.72. The number of aryl methyl sites for hydroxylation is 1. The summed E-state index contributed by atoms with van der Waals surface area (Å²) in [5.41, 5.74) is 2.05. The molecule has 164 valence electrons. The van der Waals surface area contributed by atoms with E-state index in [-0.39, 0.29) is 30.1 Å². The molecule has 1 saturated carbocycles. The van der Waals surface area contributed by atoms with E-state index in [1.165, 1.54) is 4.68 Å². The average molecular weight is 418 g/mol. The fraction of sp³-hybridized carbons (Fsp3) is 0.600. The van der Waals surface area contributed by atoms with E-state index in [9.17, 15) is 9.59 Å². The molecular weight excluding hydrogens is 388 g/mol. The molecular formula is C20H30N6O4. The van der Waals surface area contributed by atoms with Gasteiger partial charge in [-0.15, -0.1) is 0 Å². The van der Waals surface area contributed by atoms with Gasteiger partial charge in [-0.1, -0.05) is 6.92 Å². The van der Waals surface area contributed by atoms with E-state index in [1.54, 1.807) is 20.2 Å². The van der Waals surface area contributed by atoms with E-state index >= 15 is 0 Å². The topological polar surface area (TPSA) is 123 Å². The summed E-state index contributed by atoms with van der Waals surface area (Å²) in [6.45, 7) is 4.20. The summed E-state index contributed by atoms with van der Waals surface area (Å²) in [6, 6.07) is 3.61. The quantitative estimate of drug-likeness (QED) is 0.606. The Balaban J connectivity index is 1.54. The van der Waals surface area contributed by atoms with Crippen molar-refractivity contribution in [3.63, 3.8) is 0 Å². The van der Waals surface area contributed by atoms with Crippen molar-refractivity contribution in [3.05, 3.63) is 29.2 Å². The zero-order valence-corrected chi connectivity index (χ0v) is 17.9. The predicted molar refractivity (Wildman–Crippen MR) is 110 cm³/mol. The first-order chi connectivity index (χ1) is 14.4. The van der Waals surface area contributed by atoms with Crippen LogP contribution in [0.15, 0.2) is 12.1 Å². The highest BCUT2D eigenvalue weighted by Crippen LogP contribution is 2.34. The fourth-order valence-electron chi connectivity index (χ4n) is 3.61. The lowest BCUT2D eigenvalue weighted by atomic mass is 10.0. The van der Waals surface area contributed by atoms with Crippen LogP contribution in [0.3, 0.4) is 0 Å². The summed E-state index contributed by atoms with van der Waals surface area (Å²) in [4.78, 5) is 24.5. The molecule has 3 unspecified atom stereocenters. The first kappa shape index (κ1) is 21.8. The molecule has 0 bridgehead atoms. The molecule has 2 heterocycles. The van der Waals surface area contributed by atoms with Crippen molar-refractivity contribution in [3.8, 4) is 0 Å². The number of alkyl carbamates (subject to hydrolysis) is 1. The Hall–Kier alpha value is -2.88. The first-order valence-electron chi connectivity index (χ1n) is 10.2. The molecule has 0 aromatic carbocycles. The van der Waals surface area contributed by atoms with Gasteiger partial charge in [0.25, 0.3) is 5.91 Å². The van der Waals surface area contributed by atoms with E-state index in [0.29, 0.717) is 23.8 Å². The van der Waals surface area contributed by atoms with Gasteiger partial charge in [0, 0.05) is 37.9 Å². The number of nitrogens with one attached hydrogen (secondary N) is 3. The SMILES string of the molecule is CCC(C)OC(=O)NC1CCC(c2cc(NC(=O)c3cc(COC)nn3C)n[nH]2)C1. The number of carbonyl (C=O) groups is 2. The third kappa shape index (κ3) is 5.38. The van der Waals surface area contributed by atoms with Crippen LogP contribution in [-0.2, 0) is 23.1 Å². The van der Waals surface area contributed by atoms with Crippen molar-refractivity contribution < 1.29 is 19.1 Å². The number of aromatic nitrogens is 4. The van der Waals surface area contributed by atoms with Gasteiger partial charge in [0.1, 0.15) is 11.8 Å². The molecule has 0 saturated heterocycles. The Morgan fingerprint density at radius 1 is 1.37 bits per heavy atom. The van der Waals surface area contributed by atoms with Crippen molar-refractivity contribution in [2.75, 3.05) is 12.4 Å². The molecule has 2 aromatic rings. The Bertz CT molecular complexity index is 877. The van der Waals surface area contributed by atoms with Gasteiger partial charge in [0.15, 0.2) is 5.82 Å². The number of anilines is 1. The van der Waals surface area contributed by atoms with Crippen LogP contribution in [0.25, 0.3) is 0 Å². The number of carbonyl (C=O) groups excluding carboxylic acids is 2. The fourth-order valence-corrected chi connectivity index (χ4v) is 3.61. The maximum atomic E-state index is 12.5. The molecule has 10 nitrogen and oxygen atoms in total. The Morgan fingerprint density at radius 3 is 2.90 bits per heavy atom. The monoisotopic (exact) mass is 418 g/mol. The lowest BCUT2D eigenvalue weighted by Crippen LogP contribution is -2.35. The minimum absolute atomic E-state index is 0.0709. The molecule has 10 heteroatoms. The number of amides is 2. The lowest BCUT2D eigenvalue weighted by Gasteiger charge is -2.16. The van der Waals surface area contributed by atoms with Crippen molar-refractivity contribution >= 4 is 17.8 Å². The maximum Gasteiger partial charge on any atom is 0.407 e. The number of rotatable bonds is 8. The Labute approximate surface area is 175 Å². The van der Waals surface area contributed by atoms with Crippen molar-refractivity contribution in [2.24, 2.45) is 7.05 Å². The number of hydrogen-bond donors (Lipinski definition) is 3. The number of H-pyrrole nitrogens is 1. The standard InChI is InChI=1S/C20H30N6O4/c1-5-12(2)30-20(28)21-14-7-6-13(8-14)16-10-18(24-23-16)22-19(27)17-9-15(11-29-4)25-26(17)3/h9-10,12-14H,5-8,11H2,1-4H3,(H,21,28)(H2,22,23,24,27). The molecule has 1 aliphatic rings. The van der Waals surface area contributed by atoms with Gasteiger partial charge >= 0.3 is 6.09 Å². The second-order valence-electron chi connectivity index (χ2n) is 7.72. The number of ether oxygens (including phenoxy) is 2. The molecule has 3 N–H and O–H groups in total. The van der Waals surface area contributed by atoms with Crippen LogP contribution in [0.1, 0.15) is 67.3 Å². The van der Waals surface area contributed by atoms with E-state index in [4.69, 9.17) is 9.47 Å². The van der Waals surface area contributed by atoms with Gasteiger partial charge in [-0.3, -0.25) is 14.6 Å². The van der Waals surface area contributed by atoms with E-state index in [2.05, 4.69) is 25.9 Å².